The maximum Gasteiger partial charge on any atom is 0.295 e. The molecule has 0 aliphatic carbocycles. The smallest absolute Gasteiger partial charge is 0.295 e. The first-order chi connectivity index (χ1) is 8.59. The van der Waals surface area contributed by atoms with Crippen LogP contribution in [-0.2, 0) is 14.9 Å². The van der Waals surface area contributed by atoms with Gasteiger partial charge in [-0.1, -0.05) is 17.7 Å². The fourth-order valence-electron chi connectivity index (χ4n) is 1.79. The molecule has 6 heteroatoms. The molecule has 0 radical (unpaired) electrons. The van der Waals surface area contributed by atoms with Crippen LogP contribution in [0.4, 0.5) is 0 Å². The summed E-state index contributed by atoms with van der Waals surface area (Å²) >= 11 is 0. The minimum atomic E-state index is -4.08. The lowest BCUT2D eigenvalue weighted by Gasteiger charge is -2.07. The molecule has 0 aromatic heterocycles. The minimum absolute atomic E-state index is 0.0260. The number of nitrogens with one attached hydrogen (secondary N) is 1. The third-order valence-corrected chi connectivity index (χ3v) is 3.38. The first-order valence-corrected chi connectivity index (χ1v) is 7.26. The fourth-order valence-corrected chi connectivity index (χ4v) is 2.72. The fraction of sp³-hybridized carbons (Fsp3) is 0.462. The Labute approximate surface area is 114 Å². The Kier molecular flexibility index (Phi) is 6.72. The molecule has 0 amide bonds. The lowest BCUT2D eigenvalue weighted by molar-refractivity contribution is 0.321. The van der Waals surface area contributed by atoms with Gasteiger partial charge in [0, 0.05) is 6.92 Å². The van der Waals surface area contributed by atoms with Gasteiger partial charge in [-0.3, -0.25) is 9.96 Å². The summed E-state index contributed by atoms with van der Waals surface area (Å²) in [6.45, 7) is 9.30. The summed E-state index contributed by atoms with van der Waals surface area (Å²) in [4.78, 5) is 0.0260. The summed E-state index contributed by atoms with van der Waals surface area (Å²) < 4.78 is 35.4. The normalized spacial score (nSPS) is 10.4. The van der Waals surface area contributed by atoms with Crippen LogP contribution in [0, 0.1) is 26.2 Å². The average Bonchev–Trinajstić information content (AvgIpc) is 2.13. The number of ether oxygens (including phenoxy) is 1. The second-order valence-electron chi connectivity index (χ2n) is 4.19. The van der Waals surface area contributed by atoms with Crippen molar-refractivity contribution in [2.24, 2.45) is 0 Å². The highest BCUT2D eigenvalue weighted by molar-refractivity contribution is 7.86. The molecular weight excluding hydrogens is 266 g/mol. The van der Waals surface area contributed by atoms with E-state index in [1.165, 1.54) is 0 Å². The zero-order chi connectivity index (χ0) is 15.2. The van der Waals surface area contributed by atoms with Gasteiger partial charge in [-0.2, -0.15) is 8.42 Å². The summed E-state index contributed by atoms with van der Waals surface area (Å²) in [5, 5.41) is 6.67. The van der Waals surface area contributed by atoms with E-state index >= 15 is 0 Å². The summed E-state index contributed by atoms with van der Waals surface area (Å²) in [5.41, 5.74) is 2.16. The molecule has 2 N–H and O–H groups in total. The standard InChI is InChI=1S/C9H12O3S.C4H9NO/c1-6-4-7(2)9(8(3)5-6)13(10,11)12;1-3-6-4(2)5/h4-5H,1-3H3,(H,10,11,12);5H,3H2,1-2H3. The van der Waals surface area contributed by atoms with Crippen LogP contribution < -0.4 is 0 Å². The number of rotatable bonds is 2. The molecule has 0 saturated carbocycles. The highest BCUT2D eigenvalue weighted by Gasteiger charge is 2.15. The summed E-state index contributed by atoms with van der Waals surface area (Å²) in [6.07, 6.45) is 0. The quantitative estimate of drug-likeness (QED) is 0.497. The maximum atomic E-state index is 10.9. The van der Waals surface area contributed by atoms with E-state index in [2.05, 4.69) is 4.74 Å². The zero-order valence-corrected chi connectivity index (χ0v) is 12.8. The topological polar surface area (TPSA) is 87.5 Å². The van der Waals surface area contributed by atoms with Gasteiger partial charge in [0.1, 0.15) is 0 Å². The van der Waals surface area contributed by atoms with Crippen molar-refractivity contribution in [1.29, 1.82) is 5.41 Å². The van der Waals surface area contributed by atoms with Gasteiger partial charge in [0.25, 0.3) is 10.1 Å². The third kappa shape index (κ3) is 6.35. The van der Waals surface area contributed by atoms with E-state index in [9.17, 15) is 8.42 Å². The van der Waals surface area contributed by atoms with Gasteiger partial charge in [-0.25, -0.2) is 0 Å². The molecule has 1 aromatic carbocycles. The highest BCUT2D eigenvalue weighted by Crippen LogP contribution is 2.20. The SMILES string of the molecule is CCOC(C)=N.Cc1cc(C)c(S(=O)(=O)O)c(C)c1. The van der Waals surface area contributed by atoms with Gasteiger partial charge < -0.3 is 4.74 Å². The Morgan fingerprint density at radius 1 is 1.26 bits per heavy atom. The molecule has 0 atom stereocenters. The number of hydrogen-bond donors (Lipinski definition) is 2. The Balaban J connectivity index is 0.000000459. The molecular formula is C13H21NO4S. The van der Waals surface area contributed by atoms with E-state index in [1.54, 1.807) is 32.9 Å². The van der Waals surface area contributed by atoms with Crippen LogP contribution in [0.5, 0.6) is 0 Å². The first-order valence-electron chi connectivity index (χ1n) is 5.82. The van der Waals surface area contributed by atoms with Crippen molar-refractivity contribution < 1.29 is 17.7 Å². The van der Waals surface area contributed by atoms with Crippen LogP contribution in [0.2, 0.25) is 0 Å². The lowest BCUT2D eigenvalue weighted by atomic mass is 10.1. The van der Waals surface area contributed by atoms with Gasteiger partial charge in [0.05, 0.1) is 11.5 Å². The van der Waals surface area contributed by atoms with Crippen molar-refractivity contribution in [1.82, 2.24) is 0 Å². The summed E-state index contributed by atoms with van der Waals surface area (Å²) in [5.74, 6) is 0.289. The first kappa shape index (κ1) is 17.6. The van der Waals surface area contributed by atoms with Crippen LogP contribution in [0.25, 0.3) is 0 Å². The Hall–Kier alpha value is -1.40. The van der Waals surface area contributed by atoms with Gasteiger partial charge in [0.2, 0.25) is 0 Å². The number of benzene rings is 1. The summed E-state index contributed by atoms with van der Waals surface area (Å²) in [6, 6.07) is 3.46. The highest BCUT2D eigenvalue weighted by atomic mass is 32.2. The predicted octanol–water partition coefficient (Wildman–Crippen LogP) is 2.88. The molecule has 0 heterocycles. The van der Waals surface area contributed by atoms with Crippen LogP contribution in [0.15, 0.2) is 17.0 Å². The average molecular weight is 287 g/mol. The van der Waals surface area contributed by atoms with Crippen molar-refractivity contribution in [3.05, 3.63) is 28.8 Å². The molecule has 5 nitrogen and oxygen atoms in total. The van der Waals surface area contributed by atoms with Crippen molar-refractivity contribution in [3.8, 4) is 0 Å². The molecule has 0 spiro atoms. The number of hydrogen-bond acceptors (Lipinski definition) is 4. The zero-order valence-electron chi connectivity index (χ0n) is 11.9. The maximum absolute atomic E-state index is 10.9. The van der Waals surface area contributed by atoms with E-state index in [0.29, 0.717) is 17.7 Å². The van der Waals surface area contributed by atoms with Crippen molar-refractivity contribution in [2.75, 3.05) is 6.61 Å². The molecule has 0 saturated heterocycles. The molecule has 1 rings (SSSR count). The van der Waals surface area contributed by atoms with Crippen molar-refractivity contribution in [2.45, 2.75) is 39.5 Å². The Bertz CT molecular complexity index is 527. The van der Waals surface area contributed by atoms with Gasteiger partial charge in [-0.05, 0) is 38.8 Å². The van der Waals surface area contributed by atoms with E-state index in [4.69, 9.17) is 9.96 Å². The van der Waals surface area contributed by atoms with Crippen LogP contribution >= 0.6 is 0 Å². The van der Waals surface area contributed by atoms with E-state index in [1.807, 2.05) is 13.8 Å². The Morgan fingerprint density at radius 2 is 1.68 bits per heavy atom. The third-order valence-electron chi connectivity index (χ3n) is 2.22. The predicted molar refractivity (Wildman–Crippen MR) is 75.5 cm³/mol. The van der Waals surface area contributed by atoms with Gasteiger partial charge in [0.15, 0.2) is 5.90 Å². The van der Waals surface area contributed by atoms with E-state index in [0.717, 1.165) is 5.56 Å². The molecule has 0 fully saturated rings. The van der Waals surface area contributed by atoms with Crippen molar-refractivity contribution >= 4 is 16.0 Å². The van der Waals surface area contributed by atoms with Gasteiger partial charge >= 0.3 is 0 Å². The Morgan fingerprint density at radius 3 is 1.89 bits per heavy atom. The largest absolute Gasteiger partial charge is 0.482 e. The molecule has 0 aliphatic heterocycles. The second kappa shape index (κ2) is 7.25. The lowest BCUT2D eigenvalue weighted by Crippen LogP contribution is -2.04. The molecule has 19 heavy (non-hydrogen) atoms. The minimum Gasteiger partial charge on any atom is -0.482 e. The van der Waals surface area contributed by atoms with Crippen LogP contribution in [0.1, 0.15) is 30.5 Å². The van der Waals surface area contributed by atoms with Crippen LogP contribution in [-0.4, -0.2) is 25.5 Å². The molecule has 0 unspecified atom stereocenters. The van der Waals surface area contributed by atoms with Gasteiger partial charge in [-0.15, -0.1) is 0 Å². The second-order valence-corrected chi connectivity index (χ2v) is 5.55. The van der Waals surface area contributed by atoms with Crippen LogP contribution in [0.3, 0.4) is 0 Å². The molecule has 0 bridgehead atoms. The molecule has 108 valence electrons. The van der Waals surface area contributed by atoms with Crippen molar-refractivity contribution in [3.63, 3.8) is 0 Å². The molecule has 0 aliphatic rings. The van der Waals surface area contributed by atoms with E-state index < -0.39 is 10.1 Å². The molecule has 1 aromatic rings. The number of aryl methyl sites for hydroxylation is 3. The summed E-state index contributed by atoms with van der Waals surface area (Å²) in [7, 11) is -4.08. The van der Waals surface area contributed by atoms with E-state index in [-0.39, 0.29) is 10.8 Å². The monoisotopic (exact) mass is 287 g/mol.